The lowest BCUT2D eigenvalue weighted by Gasteiger charge is -2.28. The summed E-state index contributed by atoms with van der Waals surface area (Å²) in [4.78, 5) is 6.50. The fraction of sp³-hybridized carbons (Fsp3) is 0.318. The lowest BCUT2D eigenvalue weighted by Crippen LogP contribution is -2.37. The SMILES string of the molecule is c1ccc(-n2c(SCC3CSc4nnc(-c5cccnc5)n43)nnc2N2CCOCC2)cc1. The molecule has 33 heavy (non-hydrogen) atoms. The smallest absolute Gasteiger partial charge is 0.232 e. The van der Waals surface area contributed by atoms with Crippen LogP contribution in [0.15, 0.2) is 65.2 Å². The van der Waals surface area contributed by atoms with Gasteiger partial charge in [-0.1, -0.05) is 41.7 Å². The van der Waals surface area contributed by atoms with Crippen LogP contribution in [0.1, 0.15) is 6.04 Å². The highest BCUT2D eigenvalue weighted by molar-refractivity contribution is 8.00. The van der Waals surface area contributed by atoms with Gasteiger partial charge in [0.15, 0.2) is 16.1 Å². The molecule has 0 bridgehead atoms. The first-order valence-electron chi connectivity index (χ1n) is 10.8. The van der Waals surface area contributed by atoms with Crippen molar-refractivity contribution >= 4 is 29.5 Å². The molecule has 0 N–H and O–H groups in total. The van der Waals surface area contributed by atoms with E-state index in [1.165, 1.54) is 0 Å². The molecule has 6 rings (SSSR count). The Morgan fingerprint density at radius 1 is 1.00 bits per heavy atom. The van der Waals surface area contributed by atoms with E-state index in [0.29, 0.717) is 13.2 Å². The zero-order valence-corrected chi connectivity index (χ0v) is 19.5. The molecule has 0 spiro atoms. The monoisotopic (exact) mass is 478 g/mol. The van der Waals surface area contributed by atoms with Crippen LogP contribution >= 0.6 is 23.5 Å². The Kier molecular flexibility index (Phi) is 5.75. The molecule has 4 aromatic rings. The lowest BCUT2D eigenvalue weighted by atomic mass is 10.2. The van der Waals surface area contributed by atoms with E-state index in [1.54, 1.807) is 29.7 Å². The van der Waals surface area contributed by atoms with Gasteiger partial charge in [-0.15, -0.1) is 20.4 Å². The third-order valence-electron chi connectivity index (χ3n) is 5.68. The molecule has 0 amide bonds. The van der Waals surface area contributed by atoms with E-state index in [0.717, 1.165) is 57.9 Å². The highest BCUT2D eigenvalue weighted by Crippen LogP contribution is 2.39. The summed E-state index contributed by atoms with van der Waals surface area (Å²) in [6.45, 7) is 3.04. The number of para-hydroxylation sites is 1. The van der Waals surface area contributed by atoms with Crippen LogP contribution in [0, 0.1) is 0 Å². The standard InChI is InChI=1S/C22H22N8OS2/c1-2-6-17(7-3-1)30-20(28-9-11-31-12-10-28)25-27-22(30)33-15-18-14-32-21-26-24-19(29(18)21)16-5-4-8-23-13-16/h1-8,13,18H,9-12,14-15H2. The van der Waals surface area contributed by atoms with Gasteiger partial charge >= 0.3 is 0 Å². The Labute approximate surface area is 199 Å². The fourth-order valence-electron chi connectivity index (χ4n) is 4.06. The Morgan fingerprint density at radius 2 is 1.88 bits per heavy atom. The van der Waals surface area contributed by atoms with Gasteiger partial charge in [0.25, 0.3) is 0 Å². The molecular weight excluding hydrogens is 456 g/mol. The van der Waals surface area contributed by atoms with Crippen molar-refractivity contribution in [1.82, 2.24) is 34.5 Å². The molecule has 1 fully saturated rings. The number of hydrogen-bond donors (Lipinski definition) is 0. The van der Waals surface area contributed by atoms with Crippen LogP contribution in [0.5, 0.6) is 0 Å². The summed E-state index contributed by atoms with van der Waals surface area (Å²) in [6, 6.07) is 14.5. The first-order chi connectivity index (χ1) is 16.4. The maximum Gasteiger partial charge on any atom is 0.232 e. The number of aromatic nitrogens is 7. The van der Waals surface area contributed by atoms with Crippen LogP contribution in [0.25, 0.3) is 17.1 Å². The summed E-state index contributed by atoms with van der Waals surface area (Å²) in [7, 11) is 0. The van der Waals surface area contributed by atoms with Crippen molar-refractivity contribution in [2.45, 2.75) is 16.4 Å². The van der Waals surface area contributed by atoms with E-state index in [1.807, 2.05) is 36.5 Å². The van der Waals surface area contributed by atoms with E-state index < -0.39 is 0 Å². The van der Waals surface area contributed by atoms with E-state index in [9.17, 15) is 0 Å². The van der Waals surface area contributed by atoms with Gasteiger partial charge in [-0.2, -0.15) is 0 Å². The quantitative estimate of drug-likeness (QED) is 0.388. The molecule has 0 aliphatic carbocycles. The van der Waals surface area contributed by atoms with E-state index in [2.05, 4.69) is 51.5 Å². The fourth-order valence-corrected chi connectivity index (χ4v) is 6.32. The predicted octanol–water partition coefficient (Wildman–Crippen LogP) is 3.20. The second kappa shape index (κ2) is 9.16. The van der Waals surface area contributed by atoms with Crippen LogP contribution < -0.4 is 4.90 Å². The van der Waals surface area contributed by atoms with Gasteiger partial charge < -0.3 is 9.64 Å². The maximum atomic E-state index is 5.54. The second-order valence-electron chi connectivity index (χ2n) is 7.75. The normalized spacial score (nSPS) is 17.9. The van der Waals surface area contributed by atoms with Gasteiger partial charge in [-0.25, -0.2) is 0 Å². The summed E-state index contributed by atoms with van der Waals surface area (Å²) in [5.41, 5.74) is 2.05. The van der Waals surface area contributed by atoms with E-state index in [-0.39, 0.29) is 6.04 Å². The number of nitrogens with zero attached hydrogens (tertiary/aromatic N) is 8. The van der Waals surface area contributed by atoms with Crippen molar-refractivity contribution in [1.29, 1.82) is 0 Å². The van der Waals surface area contributed by atoms with Crippen molar-refractivity contribution in [3.8, 4) is 17.1 Å². The number of fused-ring (bicyclic) bond motifs is 1. The van der Waals surface area contributed by atoms with Gasteiger partial charge in [0, 0.05) is 42.6 Å². The molecule has 11 heteroatoms. The molecule has 9 nitrogen and oxygen atoms in total. The Balaban J connectivity index is 1.29. The zero-order chi connectivity index (χ0) is 22.0. The van der Waals surface area contributed by atoms with Crippen LogP contribution in [-0.2, 0) is 4.74 Å². The average molecular weight is 479 g/mol. The number of morpholine rings is 1. The Morgan fingerprint density at radius 3 is 2.70 bits per heavy atom. The molecular formula is C22H22N8OS2. The molecule has 1 aromatic carbocycles. The number of anilines is 1. The molecule has 1 saturated heterocycles. The Bertz CT molecular complexity index is 1220. The van der Waals surface area contributed by atoms with E-state index in [4.69, 9.17) is 4.74 Å². The molecule has 2 aliphatic heterocycles. The number of pyridine rings is 1. The van der Waals surface area contributed by atoms with Gasteiger partial charge in [0.2, 0.25) is 5.95 Å². The van der Waals surface area contributed by atoms with Gasteiger partial charge in [-0.3, -0.25) is 14.1 Å². The largest absolute Gasteiger partial charge is 0.378 e. The molecule has 1 atom stereocenters. The Hall–Kier alpha value is -2.89. The minimum Gasteiger partial charge on any atom is -0.378 e. The third-order valence-corrected chi connectivity index (χ3v) is 7.85. The lowest BCUT2D eigenvalue weighted by molar-refractivity contribution is 0.122. The summed E-state index contributed by atoms with van der Waals surface area (Å²) in [5.74, 6) is 3.54. The summed E-state index contributed by atoms with van der Waals surface area (Å²) in [5, 5.41) is 19.8. The highest BCUT2D eigenvalue weighted by Gasteiger charge is 2.30. The topological polar surface area (TPSA) is 86.8 Å². The number of benzene rings is 1. The third kappa shape index (κ3) is 4.00. The van der Waals surface area contributed by atoms with Crippen LogP contribution in [0.3, 0.4) is 0 Å². The summed E-state index contributed by atoms with van der Waals surface area (Å²) in [6.07, 6.45) is 3.61. The number of thioether (sulfide) groups is 2. The molecule has 0 radical (unpaired) electrons. The first kappa shape index (κ1) is 20.7. The predicted molar refractivity (Wildman–Crippen MR) is 128 cm³/mol. The summed E-state index contributed by atoms with van der Waals surface area (Å²) < 4.78 is 9.93. The van der Waals surface area contributed by atoms with Gasteiger partial charge in [0.05, 0.1) is 24.9 Å². The van der Waals surface area contributed by atoms with Gasteiger partial charge in [-0.05, 0) is 24.3 Å². The highest BCUT2D eigenvalue weighted by atomic mass is 32.2. The van der Waals surface area contributed by atoms with Crippen LogP contribution in [0.2, 0.25) is 0 Å². The minimum atomic E-state index is 0.257. The van der Waals surface area contributed by atoms with Crippen molar-refractivity contribution in [2.24, 2.45) is 0 Å². The van der Waals surface area contributed by atoms with Crippen molar-refractivity contribution in [2.75, 3.05) is 42.7 Å². The molecule has 5 heterocycles. The maximum absolute atomic E-state index is 5.54. The van der Waals surface area contributed by atoms with E-state index >= 15 is 0 Å². The van der Waals surface area contributed by atoms with Gasteiger partial charge in [0.1, 0.15) is 0 Å². The number of ether oxygens (including phenoxy) is 1. The molecule has 0 saturated carbocycles. The minimum absolute atomic E-state index is 0.257. The van der Waals surface area contributed by atoms with Crippen molar-refractivity contribution < 1.29 is 4.74 Å². The molecule has 3 aromatic heterocycles. The first-order valence-corrected chi connectivity index (χ1v) is 12.8. The molecule has 1 unspecified atom stereocenters. The average Bonchev–Trinajstić information content (AvgIpc) is 3.60. The van der Waals surface area contributed by atoms with Crippen molar-refractivity contribution in [3.05, 3.63) is 54.9 Å². The molecule has 168 valence electrons. The second-order valence-corrected chi connectivity index (χ2v) is 9.72. The van der Waals surface area contributed by atoms with Crippen LogP contribution in [-0.4, -0.2) is 72.3 Å². The molecule has 2 aliphatic rings. The zero-order valence-electron chi connectivity index (χ0n) is 17.8. The number of hydrogen-bond acceptors (Lipinski definition) is 9. The van der Waals surface area contributed by atoms with Crippen LogP contribution in [0.4, 0.5) is 5.95 Å². The van der Waals surface area contributed by atoms with Crippen molar-refractivity contribution in [3.63, 3.8) is 0 Å². The summed E-state index contributed by atoms with van der Waals surface area (Å²) >= 11 is 3.47. The number of rotatable bonds is 6.